The maximum atomic E-state index is 3.50. The minimum Gasteiger partial charge on any atom is -0.316 e. The quantitative estimate of drug-likeness (QED) is 0.615. The molecule has 66 valence electrons. The van der Waals surface area contributed by atoms with Crippen LogP contribution in [0.15, 0.2) is 0 Å². The Morgan fingerprint density at radius 2 is 2.09 bits per heavy atom. The molecule has 0 atom stereocenters. The lowest BCUT2D eigenvalue weighted by molar-refractivity contribution is 0.0873. The molecule has 0 spiro atoms. The van der Waals surface area contributed by atoms with Gasteiger partial charge in [-0.05, 0) is 37.1 Å². The summed E-state index contributed by atoms with van der Waals surface area (Å²) in [5, 5.41) is 3.50. The molecule has 0 aromatic carbocycles. The first-order valence-electron chi connectivity index (χ1n) is 4.87. The van der Waals surface area contributed by atoms with Gasteiger partial charge in [-0.25, -0.2) is 0 Å². The zero-order valence-electron chi connectivity index (χ0n) is 8.11. The number of hydrogen-bond donors (Lipinski definition) is 1. The lowest BCUT2D eigenvalue weighted by Crippen LogP contribution is -2.41. The van der Waals surface area contributed by atoms with Crippen LogP contribution < -0.4 is 5.32 Å². The fourth-order valence-corrected chi connectivity index (χ4v) is 2.33. The molecule has 1 aliphatic carbocycles. The van der Waals surface area contributed by atoms with Crippen molar-refractivity contribution in [1.29, 1.82) is 0 Å². The van der Waals surface area contributed by atoms with E-state index in [9.17, 15) is 0 Å². The average molecular weight is 155 g/mol. The van der Waals surface area contributed by atoms with Crippen LogP contribution in [-0.4, -0.2) is 13.1 Å². The molecule has 1 aliphatic rings. The zero-order chi connectivity index (χ0) is 8.32. The normalized spacial score (nSPS) is 36.8. The zero-order valence-corrected chi connectivity index (χ0v) is 8.11. The Balaban J connectivity index is 2.07. The van der Waals surface area contributed by atoms with Crippen LogP contribution in [-0.2, 0) is 0 Å². The van der Waals surface area contributed by atoms with Gasteiger partial charge in [-0.2, -0.15) is 0 Å². The first kappa shape index (κ1) is 9.05. The van der Waals surface area contributed by atoms with Gasteiger partial charge in [0.1, 0.15) is 0 Å². The summed E-state index contributed by atoms with van der Waals surface area (Å²) in [6.07, 6.45) is 4.10. The van der Waals surface area contributed by atoms with E-state index in [0.29, 0.717) is 5.41 Å². The Morgan fingerprint density at radius 3 is 2.55 bits per heavy atom. The second-order valence-corrected chi connectivity index (χ2v) is 4.50. The van der Waals surface area contributed by atoms with Crippen LogP contribution in [0, 0.1) is 11.3 Å². The van der Waals surface area contributed by atoms with Gasteiger partial charge in [-0.3, -0.25) is 0 Å². The van der Waals surface area contributed by atoms with Crippen LogP contribution in [0.1, 0.15) is 40.0 Å². The number of hydrogen-bond acceptors (Lipinski definition) is 1. The SMILES string of the molecule is CCCNCC1(C)CC(C)C1. The smallest absolute Gasteiger partial charge is 0.000536 e. The highest BCUT2D eigenvalue weighted by Crippen LogP contribution is 2.44. The molecule has 1 saturated carbocycles. The van der Waals surface area contributed by atoms with Gasteiger partial charge >= 0.3 is 0 Å². The average Bonchev–Trinajstić information content (AvgIpc) is 1.85. The highest BCUT2D eigenvalue weighted by atomic mass is 14.9. The van der Waals surface area contributed by atoms with Crippen molar-refractivity contribution in [2.24, 2.45) is 11.3 Å². The summed E-state index contributed by atoms with van der Waals surface area (Å²) in [5.41, 5.74) is 0.634. The summed E-state index contributed by atoms with van der Waals surface area (Å²) in [7, 11) is 0. The predicted molar refractivity (Wildman–Crippen MR) is 49.7 cm³/mol. The molecule has 0 heterocycles. The van der Waals surface area contributed by atoms with Crippen molar-refractivity contribution in [1.82, 2.24) is 5.32 Å². The van der Waals surface area contributed by atoms with E-state index < -0.39 is 0 Å². The van der Waals surface area contributed by atoms with Gasteiger partial charge in [0.15, 0.2) is 0 Å². The molecule has 1 N–H and O–H groups in total. The molecule has 0 aromatic heterocycles. The third-order valence-electron chi connectivity index (χ3n) is 2.66. The first-order valence-corrected chi connectivity index (χ1v) is 4.87. The third kappa shape index (κ3) is 2.48. The van der Waals surface area contributed by atoms with E-state index in [2.05, 4.69) is 26.1 Å². The Morgan fingerprint density at radius 1 is 1.45 bits per heavy atom. The molecule has 11 heavy (non-hydrogen) atoms. The maximum Gasteiger partial charge on any atom is 0.000536 e. The van der Waals surface area contributed by atoms with Crippen LogP contribution in [0.25, 0.3) is 0 Å². The van der Waals surface area contributed by atoms with Crippen LogP contribution in [0.2, 0.25) is 0 Å². The van der Waals surface area contributed by atoms with Gasteiger partial charge in [0.25, 0.3) is 0 Å². The molecule has 0 bridgehead atoms. The van der Waals surface area contributed by atoms with E-state index in [1.165, 1.54) is 32.4 Å². The van der Waals surface area contributed by atoms with Crippen LogP contribution in [0.5, 0.6) is 0 Å². The molecule has 0 aliphatic heterocycles. The summed E-state index contributed by atoms with van der Waals surface area (Å²) in [5.74, 6) is 0.975. The number of rotatable bonds is 4. The van der Waals surface area contributed by atoms with Crippen molar-refractivity contribution in [2.45, 2.75) is 40.0 Å². The first-order chi connectivity index (χ1) is 5.16. The van der Waals surface area contributed by atoms with Crippen molar-refractivity contribution >= 4 is 0 Å². The lowest BCUT2D eigenvalue weighted by atomic mass is 9.64. The fourth-order valence-electron chi connectivity index (χ4n) is 2.33. The van der Waals surface area contributed by atoms with E-state index in [0.717, 1.165) is 5.92 Å². The van der Waals surface area contributed by atoms with E-state index >= 15 is 0 Å². The summed E-state index contributed by atoms with van der Waals surface area (Å²) < 4.78 is 0. The molecule has 1 nitrogen and oxygen atoms in total. The van der Waals surface area contributed by atoms with E-state index in [1.54, 1.807) is 0 Å². The second kappa shape index (κ2) is 3.57. The molecule has 1 rings (SSSR count). The van der Waals surface area contributed by atoms with Gasteiger partial charge in [-0.1, -0.05) is 20.8 Å². The van der Waals surface area contributed by atoms with Crippen molar-refractivity contribution in [3.8, 4) is 0 Å². The second-order valence-electron chi connectivity index (χ2n) is 4.50. The summed E-state index contributed by atoms with van der Waals surface area (Å²) >= 11 is 0. The molecular formula is C10H21N. The molecule has 1 fully saturated rings. The molecule has 0 amide bonds. The van der Waals surface area contributed by atoms with E-state index in [-0.39, 0.29) is 0 Å². The van der Waals surface area contributed by atoms with Crippen LogP contribution in [0.4, 0.5) is 0 Å². The Labute approximate surface area is 70.6 Å². The molecule has 0 saturated heterocycles. The van der Waals surface area contributed by atoms with Crippen molar-refractivity contribution in [2.75, 3.05) is 13.1 Å². The standard InChI is InChI=1S/C10H21N/c1-4-5-11-8-10(3)6-9(2)7-10/h9,11H,4-8H2,1-3H3. The molecular weight excluding hydrogens is 134 g/mol. The number of nitrogens with one attached hydrogen (secondary N) is 1. The highest BCUT2D eigenvalue weighted by molar-refractivity contribution is 4.89. The van der Waals surface area contributed by atoms with Crippen molar-refractivity contribution in [3.05, 3.63) is 0 Å². The molecule has 0 unspecified atom stereocenters. The monoisotopic (exact) mass is 155 g/mol. The minimum absolute atomic E-state index is 0.634. The summed E-state index contributed by atoms with van der Waals surface area (Å²) in [4.78, 5) is 0. The lowest BCUT2D eigenvalue weighted by Gasteiger charge is -2.44. The largest absolute Gasteiger partial charge is 0.316 e. The predicted octanol–water partition coefficient (Wildman–Crippen LogP) is 2.42. The van der Waals surface area contributed by atoms with Crippen molar-refractivity contribution in [3.63, 3.8) is 0 Å². The maximum absolute atomic E-state index is 3.50. The molecule has 0 radical (unpaired) electrons. The van der Waals surface area contributed by atoms with E-state index in [4.69, 9.17) is 0 Å². The fraction of sp³-hybridized carbons (Fsp3) is 1.00. The Bertz CT molecular complexity index is 114. The van der Waals surface area contributed by atoms with Crippen LogP contribution in [0.3, 0.4) is 0 Å². The topological polar surface area (TPSA) is 12.0 Å². The summed E-state index contributed by atoms with van der Waals surface area (Å²) in [6, 6.07) is 0. The minimum atomic E-state index is 0.634. The highest BCUT2D eigenvalue weighted by Gasteiger charge is 2.36. The van der Waals surface area contributed by atoms with Gasteiger partial charge in [0, 0.05) is 6.54 Å². The molecule has 1 heteroatoms. The van der Waals surface area contributed by atoms with Crippen LogP contribution >= 0.6 is 0 Å². The van der Waals surface area contributed by atoms with Gasteiger partial charge in [-0.15, -0.1) is 0 Å². The van der Waals surface area contributed by atoms with Gasteiger partial charge < -0.3 is 5.32 Å². The van der Waals surface area contributed by atoms with Crippen molar-refractivity contribution < 1.29 is 0 Å². The van der Waals surface area contributed by atoms with Gasteiger partial charge in [0.05, 0.1) is 0 Å². The van der Waals surface area contributed by atoms with E-state index in [1.807, 2.05) is 0 Å². The Kier molecular flexibility index (Phi) is 2.94. The van der Waals surface area contributed by atoms with Gasteiger partial charge in [0.2, 0.25) is 0 Å². The Hall–Kier alpha value is -0.0400. The summed E-state index contributed by atoms with van der Waals surface area (Å²) in [6.45, 7) is 9.38. The molecule has 0 aromatic rings. The third-order valence-corrected chi connectivity index (χ3v) is 2.66.